The summed E-state index contributed by atoms with van der Waals surface area (Å²) in [6, 6.07) is 7.27. The molecular formula is C15H24N2O3. The second-order valence-electron chi connectivity index (χ2n) is 4.85. The van der Waals surface area contributed by atoms with Gasteiger partial charge in [0.15, 0.2) is 0 Å². The van der Waals surface area contributed by atoms with Crippen LogP contribution in [0.2, 0.25) is 0 Å². The average Bonchev–Trinajstić information content (AvgIpc) is 2.44. The van der Waals surface area contributed by atoms with Gasteiger partial charge in [0.1, 0.15) is 6.04 Å². The Hall–Kier alpha value is -1.43. The zero-order valence-electron chi connectivity index (χ0n) is 12.7. The number of ether oxygens (including phenoxy) is 2. The fourth-order valence-corrected chi connectivity index (χ4v) is 1.97. The molecule has 0 spiro atoms. The first-order chi connectivity index (χ1) is 9.60. The zero-order chi connectivity index (χ0) is 15.0. The topological polar surface area (TPSA) is 50.8 Å². The lowest BCUT2D eigenvalue weighted by atomic mass is 10.0. The SMILES string of the molecule is COCc1ccccc1C(NCCN(C)C)C(=O)OC. The van der Waals surface area contributed by atoms with Gasteiger partial charge in [-0.3, -0.25) is 5.32 Å². The Balaban J connectivity index is 2.89. The third-order valence-corrected chi connectivity index (χ3v) is 3.01. The minimum absolute atomic E-state index is 0.285. The molecule has 0 radical (unpaired) electrons. The summed E-state index contributed by atoms with van der Waals surface area (Å²) in [4.78, 5) is 14.1. The lowest BCUT2D eigenvalue weighted by Crippen LogP contribution is -2.35. The van der Waals surface area contributed by atoms with Crippen LogP contribution in [-0.2, 0) is 20.9 Å². The molecule has 20 heavy (non-hydrogen) atoms. The van der Waals surface area contributed by atoms with E-state index in [0.717, 1.165) is 17.7 Å². The molecule has 1 rings (SSSR count). The summed E-state index contributed by atoms with van der Waals surface area (Å²) in [6.07, 6.45) is 0. The van der Waals surface area contributed by atoms with E-state index in [0.29, 0.717) is 13.2 Å². The Morgan fingerprint density at radius 3 is 2.60 bits per heavy atom. The number of carbonyl (C=O) groups excluding carboxylic acids is 1. The summed E-state index contributed by atoms with van der Waals surface area (Å²) in [7, 11) is 7.03. The maximum atomic E-state index is 12.0. The largest absolute Gasteiger partial charge is 0.468 e. The van der Waals surface area contributed by atoms with Crippen molar-refractivity contribution in [3.8, 4) is 0 Å². The molecule has 0 aliphatic rings. The van der Waals surface area contributed by atoms with Gasteiger partial charge in [-0.05, 0) is 25.2 Å². The second kappa shape index (κ2) is 8.68. The standard InChI is InChI=1S/C15H24N2O3/c1-17(2)10-9-16-14(15(18)20-4)13-8-6-5-7-12(13)11-19-3/h5-8,14,16H,9-11H2,1-4H3. The van der Waals surface area contributed by atoms with Gasteiger partial charge in [-0.1, -0.05) is 24.3 Å². The van der Waals surface area contributed by atoms with Crippen LogP contribution < -0.4 is 5.32 Å². The fourth-order valence-electron chi connectivity index (χ4n) is 1.97. The van der Waals surface area contributed by atoms with E-state index in [2.05, 4.69) is 10.2 Å². The molecule has 0 saturated carbocycles. The lowest BCUT2D eigenvalue weighted by Gasteiger charge is -2.20. The molecule has 0 aliphatic heterocycles. The van der Waals surface area contributed by atoms with Crippen molar-refractivity contribution < 1.29 is 14.3 Å². The highest BCUT2D eigenvalue weighted by Gasteiger charge is 2.23. The molecule has 0 saturated heterocycles. The number of hydrogen-bond acceptors (Lipinski definition) is 5. The van der Waals surface area contributed by atoms with Gasteiger partial charge in [0.2, 0.25) is 0 Å². The highest BCUT2D eigenvalue weighted by Crippen LogP contribution is 2.20. The van der Waals surface area contributed by atoms with Gasteiger partial charge in [-0.2, -0.15) is 0 Å². The highest BCUT2D eigenvalue weighted by molar-refractivity contribution is 5.78. The van der Waals surface area contributed by atoms with E-state index in [1.165, 1.54) is 7.11 Å². The second-order valence-corrected chi connectivity index (χ2v) is 4.85. The van der Waals surface area contributed by atoms with E-state index in [1.54, 1.807) is 7.11 Å². The van der Waals surface area contributed by atoms with E-state index in [-0.39, 0.29) is 5.97 Å². The van der Waals surface area contributed by atoms with Crippen LogP contribution in [0.4, 0.5) is 0 Å². The average molecular weight is 280 g/mol. The van der Waals surface area contributed by atoms with Crippen molar-refractivity contribution in [1.29, 1.82) is 0 Å². The maximum absolute atomic E-state index is 12.0. The van der Waals surface area contributed by atoms with Crippen molar-refractivity contribution in [3.05, 3.63) is 35.4 Å². The predicted molar refractivity (Wildman–Crippen MR) is 78.5 cm³/mol. The first-order valence-electron chi connectivity index (χ1n) is 6.62. The van der Waals surface area contributed by atoms with Crippen LogP contribution in [-0.4, -0.2) is 52.3 Å². The number of methoxy groups -OCH3 is 2. The van der Waals surface area contributed by atoms with E-state index in [4.69, 9.17) is 9.47 Å². The van der Waals surface area contributed by atoms with Crippen molar-refractivity contribution in [1.82, 2.24) is 10.2 Å². The Labute approximate surface area is 120 Å². The summed E-state index contributed by atoms with van der Waals surface area (Å²) in [5, 5.41) is 3.25. The minimum atomic E-state index is -0.466. The zero-order valence-corrected chi connectivity index (χ0v) is 12.7. The van der Waals surface area contributed by atoms with Crippen LogP contribution in [0, 0.1) is 0 Å². The Morgan fingerprint density at radius 1 is 1.30 bits per heavy atom. The van der Waals surface area contributed by atoms with Gasteiger partial charge in [-0.25, -0.2) is 4.79 Å². The molecular weight excluding hydrogens is 256 g/mol. The summed E-state index contributed by atoms with van der Waals surface area (Å²) in [5.41, 5.74) is 1.89. The van der Waals surface area contributed by atoms with Gasteiger partial charge in [-0.15, -0.1) is 0 Å². The third kappa shape index (κ3) is 4.92. The molecule has 0 bridgehead atoms. The number of nitrogens with zero attached hydrogens (tertiary/aromatic N) is 1. The lowest BCUT2D eigenvalue weighted by molar-refractivity contribution is -0.143. The normalized spacial score (nSPS) is 12.4. The Bertz CT molecular complexity index is 421. The van der Waals surface area contributed by atoms with Crippen molar-refractivity contribution >= 4 is 5.97 Å². The van der Waals surface area contributed by atoms with E-state index >= 15 is 0 Å². The van der Waals surface area contributed by atoms with Crippen LogP contribution in [0.25, 0.3) is 0 Å². The molecule has 5 heteroatoms. The molecule has 112 valence electrons. The monoisotopic (exact) mass is 280 g/mol. The third-order valence-electron chi connectivity index (χ3n) is 3.01. The Kier molecular flexibility index (Phi) is 7.22. The predicted octanol–water partition coefficient (Wildman–Crippen LogP) is 1.20. The summed E-state index contributed by atoms with van der Waals surface area (Å²) >= 11 is 0. The highest BCUT2D eigenvalue weighted by atomic mass is 16.5. The van der Waals surface area contributed by atoms with Crippen LogP contribution >= 0.6 is 0 Å². The quantitative estimate of drug-likeness (QED) is 0.725. The summed E-state index contributed by atoms with van der Waals surface area (Å²) in [6.45, 7) is 2.02. The molecule has 1 aromatic carbocycles. The van der Waals surface area contributed by atoms with Crippen molar-refractivity contribution in [2.45, 2.75) is 12.6 Å². The summed E-state index contributed by atoms with van der Waals surface area (Å²) in [5.74, 6) is -0.285. The van der Waals surface area contributed by atoms with Crippen molar-refractivity contribution in [2.75, 3.05) is 41.4 Å². The van der Waals surface area contributed by atoms with Crippen LogP contribution in [0.5, 0.6) is 0 Å². The van der Waals surface area contributed by atoms with Crippen LogP contribution in [0.1, 0.15) is 17.2 Å². The van der Waals surface area contributed by atoms with Gasteiger partial charge < -0.3 is 14.4 Å². The van der Waals surface area contributed by atoms with Gasteiger partial charge in [0, 0.05) is 20.2 Å². The van der Waals surface area contributed by atoms with Crippen LogP contribution in [0.3, 0.4) is 0 Å². The number of nitrogens with one attached hydrogen (secondary N) is 1. The minimum Gasteiger partial charge on any atom is -0.468 e. The van der Waals surface area contributed by atoms with Gasteiger partial charge >= 0.3 is 5.97 Å². The first-order valence-corrected chi connectivity index (χ1v) is 6.62. The molecule has 1 unspecified atom stereocenters. The molecule has 5 nitrogen and oxygen atoms in total. The smallest absolute Gasteiger partial charge is 0.327 e. The maximum Gasteiger partial charge on any atom is 0.327 e. The number of carbonyl (C=O) groups is 1. The first kappa shape index (κ1) is 16.6. The molecule has 0 aromatic heterocycles. The molecule has 0 fully saturated rings. The number of likely N-dealkylation sites (N-methyl/N-ethyl adjacent to an activating group) is 1. The van der Waals surface area contributed by atoms with E-state index < -0.39 is 6.04 Å². The number of benzene rings is 1. The number of hydrogen-bond donors (Lipinski definition) is 1. The summed E-state index contributed by atoms with van der Waals surface area (Å²) < 4.78 is 10.1. The van der Waals surface area contributed by atoms with Crippen LogP contribution in [0.15, 0.2) is 24.3 Å². The van der Waals surface area contributed by atoms with Gasteiger partial charge in [0.25, 0.3) is 0 Å². The molecule has 0 amide bonds. The molecule has 1 N–H and O–H groups in total. The number of rotatable bonds is 8. The molecule has 1 atom stereocenters. The molecule has 0 heterocycles. The fraction of sp³-hybridized carbons (Fsp3) is 0.533. The van der Waals surface area contributed by atoms with Crippen molar-refractivity contribution in [2.24, 2.45) is 0 Å². The Morgan fingerprint density at radius 2 is 2.00 bits per heavy atom. The van der Waals surface area contributed by atoms with E-state index in [9.17, 15) is 4.79 Å². The molecule has 1 aromatic rings. The van der Waals surface area contributed by atoms with Crippen molar-refractivity contribution in [3.63, 3.8) is 0 Å². The van der Waals surface area contributed by atoms with Gasteiger partial charge in [0.05, 0.1) is 13.7 Å². The van der Waals surface area contributed by atoms with E-state index in [1.807, 2.05) is 38.4 Å². The molecule has 0 aliphatic carbocycles. The number of esters is 1.